The van der Waals surface area contributed by atoms with Crippen LogP contribution in [0.4, 0.5) is 5.69 Å². The molecule has 1 aromatic heterocycles. The van der Waals surface area contributed by atoms with Gasteiger partial charge in [0.1, 0.15) is 12.2 Å². The van der Waals surface area contributed by atoms with Crippen molar-refractivity contribution in [2.75, 3.05) is 6.54 Å². The van der Waals surface area contributed by atoms with Gasteiger partial charge in [-0.25, -0.2) is 9.67 Å². The number of nitrogens with zero attached hydrogens (tertiary/aromatic N) is 4. The Labute approximate surface area is 104 Å². The summed E-state index contributed by atoms with van der Waals surface area (Å²) >= 11 is 0. The monoisotopic (exact) mass is 247 g/mol. The number of rotatable bonds is 5. The number of nitrogens with one attached hydrogen (secondary N) is 1. The van der Waals surface area contributed by atoms with Gasteiger partial charge in [0.25, 0.3) is 5.69 Å². The van der Waals surface area contributed by atoms with Gasteiger partial charge in [-0.1, -0.05) is 6.92 Å². The summed E-state index contributed by atoms with van der Waals surface area (Å²) < 4.78 is 1.66. The Balaban J connectivity index is 2.25. The second-order valence-electron chi connectivity index (χ2n) is 3.64. The Morgan fingerprint density at radius 3 is 2.72 bits per heavy atom. The SMILES string of the molecule is CCNCc1ncnn1-c1ccc([N+](=O)[O-])cc1. The third-order valence-corrected chi connectivity index (χ3v) is 2.46. The molecule has 94 valence electrons. The van der Waals surface area contributed by atoms with Crippen LogP contribution in [0.15, 0.2) is 30.6 Å². The molecular weight excluding hydrogens is 234 g/mol. The lowest BCUT2D eigenvalue weighted by Crippen LogP contribution is -2.16. The molecule has 0 radical (unpaired) electrons. The average Bonchev–Trinajstić information content (AvgIpc) is 2.84. The topological polar surface area (TPSA) is 85.9 Å². The van der Waals surface area contributed by atoms with Gasteiger partial charge in [-0.05, 0) is 18.7 Å². The maximum atomic E-state index is 10.6. The maximum absolute atomic E-state index is 10.6. The van der Waals surface area contributed by atoms with Crippen LogP contribution >= 0.6 is 0 Å². The van der Waals surface area contributed by atoms with E-state index in [1.165, 1.54) is 18.5 Å². The summed E-state index contributed by atoms with van der Waals surface area (Å²) in [6.45, 7) is 3.45. The Morgan fingerprint density at radius 1 is 1.39 bits per heavy atom. The predicted molar refractivity (Wildman–Crippen MR) is 65.4 cm³/mol. The molecule has 0 spiro atoms. The molecular formula is C11H13N5O2. The quantitative estimate of drug-likeness (QED) is 0.635. The van der Waals surface area contributed by atoms with Crippen LogP contribution in [0.25, 0.3) is 5.69 Å². The van der Waals surface area contributed by atoms with E-state index in [-0.39, 0.29) is 5.69 Å². The minimum absolute atomic E-state index is 0.0621. The van der Waals surface area contributed by atoms with Crippen molar-refractivity contribution in [2.45, 2.75) is 13.5 Å². The second kappa shape index (κ2) is 5.37. The van der Waals surface area contributed by atoms with E-state index in [0.29, 0.717) is 6.54 Å². The summed E-state index contributed by atoms with van der Waals surface area (Å²) in [6, 6.07) is 6.21. The van der Waals surface area contributed by atoms with E-state index in [2.05, 4.69) is 15.4 Å². The van der Waals surface area contributed by atoms with E-state index in [4.69, 9.17) is 0 Å². The molecule has 7 nitrogen and oxygen atoms in total. The van der Waals surface area contributed by atoms with Crippen LogP contribution in [0.1, 0.15) is 12.7 Å². The van der Waals surface area contributed by atoms with Crippen molar-refractivity contribution in [3.05, 3.63) is 46.5 Å². The highest BCUT2D eigenvalue weighted by Crippen LogP contribution is 2.15. The van der Waals surface area contributed by atoms with Gasteiger partial charge in [-0.2, -0.15) is 5.10 Å². The first-order valence-corrected chi connectivity index (χ1v) is 5.57. The van der Waals surface area contributed by atoms with Gasteiger partial charge in [0.05, 0.1) is 17.2 Å². The molecule has 0 atom stereocenters. The van der Waals surface area contributed by atoms with Gasteiger partial charge in [0.15, 0.2) is 0 Å². The van der Waals surface area contributed by atoms with E-state index >= 15 is 0 Å². The largest absolute Gasteiger partial charge is 0.310 e. The molecule has 0 saturated heterocycles. The van der Waals surface area contributed by atoms with Gasteiger partial charge in [0.2, 0.25) is 0 Å². The first-order chi connectivity index (χ1) is 8.72. The van der Waals surface area contributed by atoms with Crippen LogP contribution in [0, 0.1) is 10.1 Å². The van der Waals surface area contributed by atoms with Crippen LogP contribution in [0.3, 0.4) is 0 Å². The molecule has 0 aliphatic carbocycles. The zero-order valence-corrected chi connectivity index (χ0v) is 9.91. The predicted octanol–water partition coefficient (Wildman–Crippen LogP) is 1.28. The van der Waals surface area contributed by atoms with E-state index in [0.717, 1.165) is 18.1 Å². The first-order valence-electron chi connectivity index (χ1n) is 5.57. The molecule has 18 heavy (non-hydrogen) atoms. The molecule has 0 amide bonds. The van der Waals surface area contributed by atoms with Crippen molar-refractivity contribution >= 4 is 5.69 Å². The number of nitro benzene ring substituents is 1. The van der Waals surface area contributed by atoms with Gasteiger partial charge >= 0.3 is 0 Å². The molecule has 1 N–H and O–H groups in total. The zero-order chi connectivity index (χ0) is 13.0. The van der Waals surface area contributed by atoms with Crippen LogP contribution in [-0.4, -0.2) is 26.2 Å². The molecule has 0 bridgehead atoms. The summed E-state index contributed by atoms with van der Waals surface area (Å²) in [5.41, 5.74) is 0.818. The third kappa shape index (κ3) is 2.51. The molecule has 0 unspecified atom stereocenters. The van der Waals surface area contributed by atoms with Crippen molar-refractivity contribution in [3.8, 4) is 5.69 Å². The van der Waals surface area contributed by atoms with Crippen LogP contribution in [0.2, 0.25) is 0 Å². The zero-order valence-electron chi connectivity index (χ0n) is 9.91. The summed E-state index contributed by atoms with van der Waals surface area (Å²) in [5, 5.41) is 17.8. The van der Waals surface area contributed by atoms with Gasteiger partial charge in [0, 0.05) is 12.1 Å². The molecule has 0 aliphatic rings. The molecule has 2 rings (SSSR count). The highest BCUT2D eigenvalue weighted by Gasteiger charge is 2.08. The number of nitro groups is 1. The Bertz CT molecular complexity index is 535. The highest BCUT2D eigenvalue weighted by molar-refractivity contribution is 5.40. The normalized spacial score (nSPS) is 10.5. The van der Waals surface area contributed by atoms with Crippen molar-refractivity contribution in [3.63, 3.8) is 0 Å². The van der Waals surface area contributed by atoms with Crippen LogP contribution in [0.5, 0.6) is 0 Å². The molecule has 2 aromatic rings. The highest BCUT2D eigenvalue weighted by atomic mass is 16.6. The number of aromatic nitrogens is 3. The number of non-ortho nitro benzene ring substituents is 1. The standard InChI is InChI=1S/C11H13N5O2/c1-2-12-7-11-13-8-14-15(11)9-3-5-10(6-4-9)16(17)18/h3-6,8,12H,2,7H2,1H3. The number of hydrogen-bond acceptors (Lipinski definition) is 5. The molecule has 7 heteroatoms. The van der Waals surface area contributed by atoms with E-state index < -0.39 is 4.92 Å². The summed E-state index contributed by atoms with van der Waals surface area (Å²) in [4.78, 5) is 14.3. The molecule has 0 saturated carbocycles. The van der Waals surface area contributed by atoms with Crippen LogP contribution < -0.4 is 5.32 Å². The second-order valence-corrected chi connectivity index (χ2v) is 3.64. The third-order valence-electron chi connectivity index (χ3n) is 2.46. The fourth-order valence-electron chi connectivity index (χ4n) is 1.55. The fourth-order valence-corrected chi connectivity index (χ4v) is 1.55. The van der Waals surface area contributed by atoms with Crippen LogP contribution in [-0.2, 0) is 6.54 Å². The van der Waals surface area contributed by atoms with Gasteiger partial charge in [-0.3, -0.25) is 10.1 Å². The molecule has 1 aromatic carbocycles. The Morgan fingerprint density at radius 2 is 2.11 bits per heavy atom. The number of benzene rings is 1. The Kier molecular flexibility index (Phi) is 3.63. The lowest BCUT2D eigenvalue weighted by Gasteiger charge is -2.05. The minimum Gasteiger partial charge on any atom is -0.310 e. The minimum atomic E-state index is -0.426. The first kappa shape index (κ1) is 12.2. The van der Waals surface area contributed by atoms with Gasteiger partial charge in [-0.15, -0.1) is 0 Å². The van der Waals surface area contributed by atoms with E-state index in [1.54, 1.807) is 16.8 Å². The fraction of sp³-hybridized carbons (Fsp3) is 0.273. The smallest absolute Gasteiger partial charge is 0.269 e. The molecule has 0 aliphatic heterocycles. The number of hydrogen-bond donors (Lipinski definition) is 1. The van der Waals surface area contributed by atoms with E-state index in [9.17, 15) is 10.1 Å². The van der Waals surface area contributed by atoms with Crippen molar-refractivity contribution in [1.29, 1.82) is 0 Å². The van der Waals surface area contributed by atoms with Gasteiger partial charge < -0.3 is 5.32 Å². The molecule has 0 fully saturated rings. The summed E-state index contributed by atoms with van der Waals surface area (Å²) in [6.07, 6.45) is 1.47. The van der Waals surface area contributed by atoms with Crippen molar-refractivity contribution in [1.82, 2.24) is 20.1 Å². The Hall–Kier alpha value is -2.28. The lowest BCUT2D eigenvalue weighted by molar-refractivity contribution is -0.384. The lowest BCUT2D eigenvalue weighted by atomic mass is 10.3. The average molecular weight is 247 g/mol. The van der Waals surface area contributed by atoms with Crippen molar-refractivity contribution in [2.24, 2.45) is 0 Å². The summed E-state index contributed by atoms with van der Waals surface area (Å²) in [7, 11) is 0. The summed E-state index contributed by atoms with van der Waals surface area (Å²) in [5.74, 6) is 0.769. The maximum Gasteiger partial charge on any atom is 0.269 e. The van der Waals surface area contributed by atoms with Crippen molar-refractivity contribution < 1.29 is 4.92 Å². The van der Waals surface area contributed by atoms with E-state index in [1.807, 2.05) is 6.92 Å². The molecule has 1 heterocycles.